The fourth-order valence-electron chi connectivity index (χ4n) is 3.03. The minimum absolute atomic E-state index is 0.0634. The largest absolute Gasteiger partial charge is 0.479 e. The molecule has 29 heavy (non-hydrogen) atoms. The molecule has 0 bridgehead atoms. The highest BCUT2D eigenvalue weighted by Gasteiger charge is 2.23. The Kier molecular flexibility index (Phi) is 5.31. The molecule has 2 N–H and O–H groups in total. The fourth-order valence-corrected chi connectivity index (χ4v) is 3.76. The van der Waals surface area contributed by atoms with Crippen molar-refractivity contribution in [3.05, 3.63) is 59.0 Å². The molecule has 6 nitrogen and oxygen atoms in total. The standard InChI is InChI=1S/C22H21N3O3S/c1-13-3-5-15(6-4-13)7-10-20(26)25-22-24-18(12-29-22)16-8-9-19-17(11-16)23-21(27)14(2)28-19/h3-6,8-9,11-12,14H,7,10H2,1-2H3,(H,23,27)(H,24,25,26). The van der Waals surface area contributed by atoms with Gasteiger partial charge in [-0.3, -0.25) is 9.59 Å². The van der Waals surface area contributed by atoms with E-state index in [1.165, 1.54) is 16.9 Å². The zero-order chi connectivity index (χ0) is 20.4. The van der Waals surface area contributed by atoms with Crippen LogP contribution in [0.1, 0.15) is 24.5 Å². The summed E-state index contributed by atoms with van der Waals surface area (Å²) in [5.74, 6) is 0.404. The van der Waals surface area contributed by atoms with Crippen molar-refractivity contribution in [2.75, 3.05) is 10.6 Å². The number of amides is 2. The van der Waals surface area contributed by atoms with Gasteiger partial charge in [0.1, 0.15) is 5.75 Å². The number of thiazole rings is 1. The van der Waals surface area contributed by atoms with Crippen LogP contribution in [0.15, 0.2) is 47.8 Å². The first kappa shape index (κ1) is 19.1. The van der Waals surface area contributed by atoms with Gasteiger partial charge in [-0.25, -0.2) is 4.98 Å². The molecule has 1 unspecified atom stereocenters. The van der Waals surface area contributed by atoms with Gasteiger partial charge in [-0.2, -0.15) is 0 Å². The normalized spacial score (nSPS) is 15.2. The van der Waals surface area contributed by atoms with E-state index >= 15 is 0 Å². The zero-order valence-corrected chi connectivity index (χ0v) is 17.0. The fraction of sp³-hybridized carbons (Fsp3) is 0.227. The highest BCUT2D eigenvalue weighted by atomic mass is 32.1. The maximum atomic E-state index is 12.2. The van der Waals surface area contributed by atoms with Gasteiger partial charge >= 0.3 is 0 Å². The first-order chi connectivity index (χ1) is 14.0. The number of hydrogen-bond acceptors (Lipinski definition) is 5. The van der Waals surface area contributed by atoms with E-state index in [2.05, 4.69) is 15.6 Å². The minimum atomic E-state index is -0.505. The molecule has 2 amide bonds. The summed E-state index contributed by atoms with van der Waals surface area (Å²) >= 11 is 1.37. The molecule has 0 radical (unpaired) electrons. The molecule has 1 atom stereocenters. The molecule has 2 heterocycles. The van der Waals surface area contributed by atoms with Crippen molar-refractivity contribution in [2.45, 2.75) is 32.8 Å². The van der Waals surface area contributed by atoms with Crippen LogP contribution in [0.2, 0.25) is 0 Å². The lowest BCUT2D eigenvalue weighted by Crippen LogP contribution is -2.34. The smallest absolute Gasteiger partial charge is 0.265 e. The Hall–Kier alpha value is -3.19. The maximum absolute atomic E-state index is 12.2. The molecule has 4 rings (SSSR count). The predicted octanol–water partition coefficient (Wildman–Crippen LogP) is 4.41. The van der Waals surface area contributed by atoms with Gasteiger partial charge in [0.2, 0.25) is 5.91 Å². The average Bonchev–Trinajstić information content (AvgIpc) is 3.16. The van der Waals surface area contributed by atoms with Crippen LogP contribution in [0.4, 0.5) is 10.8 Å². The van der Waals surface area contributed by atoms with Gasteiger partial charge in [0.15, 0.2) is 11.2 Å². The molecule has 3 aromatic rings. The van der Waals surface area contributed by atoms with E-state index in [1.54, 1.807) is 6.92 Å². The Morgan fingerprint density at radius 2 is 2.03 bits per heavy atom. The van der Waals surface area contributed by atoms with Gasteiger partial charge in [0.05, 0.1) is 11.4 Å². The summed E-state index contributed by atoms with van der Waals surface area (Å²) in [4.78, 5) is 28.6. The molecular formula is C22H21N3O3S. The van der Waals surface area contributed by atoms with Gasteiger partial charge in [-0.05, 0) is 44.0 Å². The molecule has 1 aliphatic heterocycles. The van der Waals surface area contributed by atoms with Crippen molar-refractivity contribution in [2.24, 2.45) is 0 Å². The van der Waals surface area contributed by atoms with E-state index in [9.17, 15) is 9.59 Å². The Balaban J connectivity index is 1.39. The van der Waals surface area contributed by atoms with Crippen LogP contribution in [-0.4, -0.2) is 22.9 Å². The average molecular weight is 407 g/mol. The van der Waals surface area contributed by atoms with Crippen molar-refractivity contribution in [3.63, 3.8) is 0 Å². The van der Waals surface area contributed by atoms with Crippen LogP contribution in [0.25, 0.3) is 11.3 Å². The monoisotopic (exact) mass is 407 g/mol. The number of aromatic nitrogens is 1. The second-order valence-electron chi connectivity index (χ2n) is 7.03. The molecule has 0 aliphatic carbocycles. The van der Waals surface area contributed by atoms with Gasteiger partial charge in [0.25, 0.3) is 5.91 Å². The van der Waals surface area contributed by atoms with Gasteiger partial charge in [-0.1, -0.05) is 29.8 Å². The summed E-state index contributed by atoms with van der Waals surface area (Å²) in [6.45, 7) is 3.75. The number of hydrogen-bond donors (Lipinski definition) is 2. The third kappa shape index (κ3) is 4.46. The van der Waals surface area contributed by atoms with Crippen LogP contribution in [0.5, 0.6) is 5.75 Å². The SMILES string of the molecule is Cc1ccc(CCC(=O)Nc2nc(-c3ccc4c(c3)NC(=O)C(C)O4)cs2)cc1. The molecular weight excluding hydrogens is 386 g/mol. The lowest BCUT2D eigenvalue weighted by molar-refractivity contribution is -0.122. The molecule has 1 aliphatic rings. The Morgan fingerprint density at radius 3 is 2.83 bits per heavy atom. The molecule has 0 spiro atoms. The summed E-state index contributed by atoms with van der Waals surface area (Å²) in [7, 11) is 0. The Labute approximate surface area is 172 Å². The van der Waals surface area contributed by atoms with Crippen molar-refractivity contribution < 1.29 is 14.3 Å². The number of aryl methyl sites for hydroxylation is 2. The van der Waals surface area contributed by atoms with Crippen LogP contribution >= 0.6 is 11.3 Å². The van der Waals surface area contributed by atoms with E-state index in [1.807, 2.05) is 54.8 Å². The van der Waals surface area contributed by atoms with Gasteiger partial charge < -0.3 is 15.4 Å². The number of nitrogens with zero attached hydrogens (tertiary/aromatic N) is 1. The molecule has 0 saturated heterocycles. The van der Waals surface area contributed by atoms with E-state index in [4.69, 9.17) is 4.74 Å². The van der Waals surface area contributed by atoms with Crippen molar-refractivity contribution in [3.8, 4) is 17.0 Å². The minimum Gasteiger partial charge on any atom is -0.479 e. The quantitative estimate of drug-likeness (QED) is 0.657. The zero-order valence-electron chi connectivity index (χ0n) is 16.2. The number of nitrogens with one attached hydrogen (secondary N) is 2. The number of carbonyl (C=O) groups is 2. The summed E-state index contributed by atoms with van der Waals surface area (Å²) < 4.78 is 5.58. The van der Waals surface area contributed by atoms with Gasteiger partial charge in [0, 0.05) is 17.4 Å². The van der Waals surface area contributed by atoms with E-state index < -0.39 is 6.10 Å². The number of fused-ring (bicyclic) bond motifs is 1. The van der Waals surface area contributed by atoms with E-state index in [0.29, 0.717) is 29.4 Å². The highest BCUT2D eigenvalue weighted by molar-refractivity contribution is 7.14. The number of carbonyl (C=O) groups excluding carboxylic acids is 2. The maximum Gasteiger partial charge on any atom is 0.265 e. The Morgan fingerprint density at radius 1 is 1.24 bits per heavy atom. The molecule has 1 aromatic heterocycles. The second kappa shape index (κ2) is 8.05. The van der Waals surface area contributed by atoms with Crippen LogP contribution in [-0.2, 0) is 16.0 Å². The van der Waals surface area contributed by atoms with Crippen LogP contribution < -0.4 is 15.4 Å². The lowest BCUT2D eigenvalue weighted by atomic mass is 10.1. The van der Waals surface area contributed by atoms with Crippen LogP contribution in [0.3, 0.4) is 0 Å². The first-order valence-electron chi connectivity index (χ1n) is 9.41. The van der Waals surface area contributed by atoms with Crippen LogP contribution in [0, 0.1) is 6.92 Å². The summed E-state index contributed by atoms with van der Waals surface area (Å²) in [5, 5.41) is 8.14. The molecule has 0 saturated carbocycles. The van der Waals surface area contributed by atoms with Crippen molar-refractivity contribution in [1.82, 2.24) is 4.98 Å². The third-order valence-electron chi connectivity index (χ3n) is 4.72. The second-order valence-corrected chi connectivity index (χ2v) is 7.89. The number of benzene rings is 2. The topological polar surface area (TPSA) is 80.3 Å². The van der Waals surface area contributed by atoms with Gasteiger partial charge in [-0.15, -0.1) is 11.3 Å². The van der Waals surface area contributed by atoms with Crippen molar-refractivity contribution >= 4 is 34.0 Å². The predicted molar refractivity (Wildman–Crippen MR) is 114 cm³/mol. The molecule has 148 valence electrons. The van der Waals surface area contributed by atoms with E-state index in [-0.39, 0.29) is 11.8 Å². The number of anilines is 2. The summed E-state index contributed by atoms with van der Waals surface area (Å²) in [6.07, 6.45) is 0.584. The highest BCUT2D eigenvalue weighted by Crippen LogP contribution is 2.34. The number of ether oxygens (including phenoxy) is 1. The summed E-state index contributed by atoms with van der Waals surface area (Å²) in [6, 6.07) is 13.7. The lowest BCUT2D eigenvalue weighted by Gasteiger charge is -2.23. The number of rotatable bonds is 5. The third-order valence-corrected chi connectivity index (χ3v) is 5.48. The van der Waals surface area contributed by atoms with Crippen molar-refractivity contribution in [1.29, 1.82) is 0 Å². The molecule has 2 aromatic carbocycles. The summed E-state index contributed by atoms with van der Waals surface area (Å²) in [5.41, 5.74) is 4.55. The molecule has 0 fully saturated rings. The van der Waals surface area contributed by atoms with E-state index in [0.717, 1.165) is 16.8 Å². The first-order valence-corrected chi connectivity index (χ1v) is 10.3. The Bertz CT molecular complexity index is 1060. The molecule has 7 heteroatoms.